The summed E-state index contributed by atoms with van der Waals surface area (Å²) in [4.78, 5) is 11.5. The van der Waals surface area contributed by atoms with Crippen LogP contribution in [0.3, 0.4) is 0 Å². The minimum absolute atomic E-state index is 0.177. The lowest BCUT2D eigenvalue weighted by Gasteiger charge is -2.04. The van der Waals surface area contributed by atoms with E-state index in [9.17, 15) is 4.79 Å². The highest BCUT2D eigenvalue weighted by molar-refractivity contribution is 5.96. The predicted octanol–water partition coefficient (Wildman–Crippen LogP) is 1.70. The Morgan fingerprint density at radius 1 is 1.50 bits per heavy atom. The van der Waals surface area contributed by atoms with Crippen LogP contribution in [0.4, 0.5) is 0 Å². The number of hydrogen-bond acceptors (Lipinski definition) is 2. The van der Waals surface area contributed by atoms with Gasteiger partial charge in [0, 0.05) is 6.54 Å². The van der Waals surface area contributed by atoms with Gasteiger partial charge in [-0.15, -0.1) is 0 Å². The summed E-state index contributed by atoms with van der Waals surface area (Å²) in [6.45, 7) is 2.62. The van der Waals surface area contributed by atoms with Gasteiger partial charge in [-0.05, 0) is 18.6 Å². The highest BCUT2D eigenvalue weighted by atomic mass is 16.1. The van der Waals surface area contributed by atoms with Crippen molar-refractivity contribution in [3.63, 3.8) is 0 Å². The zero-order valence-corrected chi connectivity index (χ0v) is 8.08. The fourth-order valence-electron chi connectivity index (χ4n) is 1.11. The summed E-state index contributed by atoms with van der Waals surface area (Å²) in [6, 6.07) is 8.78. The van der Waals surface area contributed by atoms with E-state index in [2.05, 4.69) is 5.32 Å². The molecule has 3 nitrogen and oxygen atoms in total. The van der Waals surface area contributed by atoms with Gasteiger partial charge in [0.1, 0.15) is 0 Å². The third-order valence-corrected chi connectivity index (χ3v) is 1.83. The van der Waals surface area contributed by atoms with E-state index in [0.29, 0.717) is 17.7 Å². The first-order valence-corrected chi connectivity index (χ1v) is 4.57. The smallest absolute Gasteiger partial charge is 0.252 e. The summed E-state index contributed by atoms with van der Waals surface area (Å²) < 4.78 is 0. The molecule has 0 saturated carbocycles. The molecule has 0 heterocycles. The molecule has 0 bridgehead atoms. The lowest BCUT2D eigenvalue weighted by atomic mass is 10.1. The summed E-state index contributed by atoms with van der Waals surface area (Å²) in [5, 5.41) is 11.5. The molecular weight excluding hydrogens is 176 g/mol. The third-order valence-electron chi connectivity index (χ3n) is 1.83. The number of nitrogens with zero attached hydrogens (tertiary/aromatic N) is 1. The molecule has 1 aromatic carbocycles. The normalized spacial score (nSPS) is 9.14. The van der Waals surface area contributed by atoms with Gasteiger partial charge in [-0.3, -0.25) is 4.79 Å². The first-order chi connectivity index (χ1) is 6.79. The third kappa shape index (κ3) is 2.33. The van der Waals surface area contributed by atoms with Crippen LogP contribution in [0.2, 0.25) is 0 Å². The van der Waals surface area contributed by atoms with Gasteiger partial charge in [-0.25, -0.2) is 0 Å². The lowest BCUT2D eigenvalue weighted by Crippen LogP contribution is -2.24. The summed E-state index contributed by atoms with van der Waals surface area (Å²) >= 11 is 0. The first kappa shape index (κ1) is 10.3. The fourth-order valence-corrected chi connectivity index (χ4v) is 1.11. The van der Waals surface area contributed by atoms with Crippen molar-refractivity contribution in [1.29, 1.82) is 5.26 Å². The van der Waals surface area contributed by atoms with E-state index in [-0.39, 0.29) is 5.91 Å². The molecule has 72 valence electrons. The molecule has 1 amide bonds. The monoisotopic (exact) mass is 188 g/mol. The largest absolute Gasteiger partial charge is 0.352 e. The van der Waals surface area contributed by atoms with Crippen molar-refractivity contribution in [3.8, 4) is 6.07 Å². The van der Waals surface area contributed by atoms with Gasteiger partial charge >= 0.3 is 0 Å². The van der Waals surface area contributed by atoms with Crippen molar-refractivity contribution in [2.24, 2.45) is 0 Å². The number of carbonyl (C=O) groups excluding carboxylic acids is 1. The van der Waals surface area contributed by atoms with E-state index in [1.54, 1.807) is 24.3 Å². The molecule has 0 unspecified atom stereocenters. The molecule has 14 heavy (non-hydrogen) atoms. The molecule has 0 aliphatic heterocycles. The Morgan fingerprint density at radius 2 is 2.21 bits per heavy atom. The number of nitrogens with one attached hydrogen (secondary N) is 1. The van der Waals surface area contributed by atoms with Gasteiger partial charge in [-0.2, -0.15) is 5.26 Å². The van der Waals surface area contributed by atoms with Gasteiger partial charge in [0.15, 0.2) is 0 Å². The Hall–Kier alpha value is -1.82. The van der Waals surface area contributed by atoms with E-state index in [1.807, 2.05) is 13.0 Å². The number of carbonyl (C=O) groups is 1. The maximum Gasteiger partial charge on any atom is 0.252 e. The summed E-state index contributed by atoms with van der Waals surface area (Å²) in [7, 11) is 0. The van der Waals surface area contributed by atoms with Crippen LogP contribution < -0.4 is 5.32 Å². The summed E-state index contributed by atoms with van der Waals surface area (Å²) in [5.74, 6) is -0.177. The van der Waals surface area contributed by atoms with Gasteiger partial charge in [0.2, 0.25) is 0 Å². The quantitative estimate of drug-likeness (QED) is 0.784. The first-order valence-electron chi connectivity index (χ1n) is 4.57. The van der Waals surface area contributed by atoms with E-state index < -0.39 is 0 Å². The average molecular weight is 188 g/mol. The number of nitriles is 1. The molecule has 0 fully saturated rings. The van der Waals surface area contributed by atoms with Crippen LogP contribution in [0, 0.1) is 11.3 Å². The second-order valence-corrected chi connectivity index (χ2v) is 2.91. The maximum atomic E-state index is 11.5. The second kappa shape index (κ2) is 5.03. The zero-order valence-electron chi connectivity index (χ0n) is 8.08. The van der Waals surface area contributed by atoms with E-state index >= 15 is 0 Å². The molecule has 0 atom stereocenters. The summed E-state index contributed by atoms with van der Waals surface area (Å²) in [6.07, 6.45) is 0.889. The number of hydrogen-bond donors (Lipinski definition) is 1. The molecule has 0 spiro atoms. The number of amides is 1. The molecular formula is C11H12N2O. The average Bonchev–Trinajstić information content (AvgIpc) is 2.25. The predicted molar refractivity (Wildman–Crippen MR) is 53.8 cm³/mol. The van der Waals surface area contributed by atoms with Crippen molar-refractivity contribution in [2.45, 2.75) is 13.3 Å². The van der Waals surface area contributed by atoms with Crippen LogP contribution in [0.5, 0.6) is 0 Å². The van der Waals surface area contributed by atoms with Crippen molar-refractivity contribution in [3.05, 3.63) is 35.4 Å². The van der Waals surface area contributed by atoms with Crippen LogP contribution >= 0.6 is 0 Å². The molecule has 3 heteroatoms. The maximum absolute atomic E-state index is 11.5. The topological polar surface area (TPSA) is 52.9 Å². The molecule has 0 saturated heterocycles. The van der Waals surface area contributed by atoms with E-state index in [4.69, 9.17) is 5.26 Å². The fraction of sp³-hybridized carbons (Fsp3) is 0.273. The van der Waals surface area contributed by atoms with Crippen LogP contribution in [0.1, 0.15) is 29.3 Å². The summed E-state index contributed by atoms with van der Waals surface area (Å²) in [5.41, 5.74) is 0.865. The number of rotatable bonds is 3. The SMILES string of the molecule is CCCNC(=O)c1ccccc1C#N. The van der Waals surface area contributed by atoms with Crippen LogP contribution in [-0.4, -0.2) is 12.5 Å². The van der Waals surface area contributed by atoms with Crippen molar-refractivity contribution >= 4 is 5.91 Å². The van der Waals surface area contributed by atoms with E-state index in [0.717, 1.165) is 6.42 Å². The number of benzene rings is 1. The van der Waals surface area contributed by atoms with Crippen LogP contribution in [0.15, 0.2) is 24.3 Å². The standard InChI is InChI=1S/C11H12N2O/c1-2-7-13-11(14)10-6-4-3-5-9(10)8-12/h3-6H,2,7H2,1H3,(H,13,14). The van der Waals surface area contributed by atoms with Gasteiger partial charge < -0.3 is 5.32 Å². The molecule has 0 radical (unpaired) electrons. The van der Waals surface area contributed by atoms with Gasteiger partial charge in [-0.1, -0.05) is 19.1 Å². The van der Waals surface area contributed by atoms with Gasteiger partial charge in [0.05, 0.1) is 17.2 Å². The minimum Gasteiger partial charge on any atom is -0.352 e. The molecule has 0 aliphatic rings. The lowest BCUT2D eigenvalue weighted by molar-refractivity contribution is 0.0953. The molecule has 1 rings (SSSR count). The Balaban J connectivity index is 2.85. The molecule has 1 aromatic rings. The van der Waals surface area contributed by atoms with Crippen LogP contribution in [-0.2, 0) is 0 Å². The van der Waals surface area contributed by atoms with Crippen molar-refractivity contribution in [2.75, 3.05) is 6.54 Å². The highest BCUT2D eigenvalue weighted by Gasteiger charge is 2.08. The Labute approximate surface area is 83.4 Å². The van der Waals surface area contributed by atoms with Crippen molar-refractivity contribution < 1.29 is 4.79 Å². The second-order valence-electron chi connectivity index (χ2n) is 2.91. The molecule has 1 N–H and O–H groups in total. The minimum atomic E-state index is -0.177. The van der Waals surface area contributed by atoms with Gasteiger partial charge in [0.25, 0.3) is 5.91 Å². The Kier molecular flexibility index (Phi) is 3.69. The Bertz CT molecular complexity index is 366. The van der Waals surface area contributed by atoms with E-state index in [1.165, 1.54) is 0 Å². The highest BCUT2D eigenvalue weighted by Crippen LogP contribution is 2.06. The van der Waals surface area contributed by atoms with Crippen LogP contribution in [0.25, 0.3) is 0 Å². The molecule has 0 aromatic heterocycles. The Morgan fingerprint density at radius 3 is 2.86 bits per heavy atom. The molecule has 0 aliphatic carbocycles. The zero-order chi connectivity index (χ0) is 10.4. The van der Waals surface area contributed by atoms with Crippen molar-refractivity contribution in [1.82, 2.24) is 5.32 Å².